The summed E-state index contributed by atoms with van der Waals surface area (Å²) in [5.74, 6) is 1.67. The molecule has 100 valence electrons. The van der Waals surface area contributed by atoms with Crippen molar-refractivity contribution in [3.05, 3.63) is 29.8 Å². The normalized spacial score (nSPS) is 20.9. The Labute approximate surface area is 111 Å². The van der Waals surface area contributed by atoms with Gasteiger partial charge in [-0.1, -0.05) is 25.5 Å². The minimum Gasteiger partial charge on any atom is -0.497 e. The Kier molecular flexibility index (Phi) is 5.06. The largest absolute Gasteiger partial charge is 0.497 e. The zero-order valence-electron chi connectivity index (χ0n) is 11.7. The van der Waals surface area contributed by atoms with Gasteiger partial charge in [0.2, 0.25) is 0 Å². The standard InChI is InChI=1S/C16H25NO/c1-3-4-10-17-11-6-8-15(13-17)14-7-5-9-16(12-14)18-2/h5,7,9,12,15H,3-4,6,8,10-11,13H2,1-2H3/t15-/m1/s1. The number of piperidine rings is 1. The van der Waals surface area contributed by atoms with Gasteiger partial charge in [-0.05, 0) is 56.0 Å². The third-order valence-corrected chi connectivity index (χ3v) is 3.90. The summed E-state index contributed by atoms with van der Waals surface area (Å²) in [5.41, 5.74) is 1.44. The Bertz CT molecular complexity index is 364. The van der Waals surface area contributed by atoms with E-state index in [2.05, 4.69) is 30.0 Å². The maximum Gasteiger partial charge on any atom is 0.119 e. The lowest BCUT2D eigenvalue weighted by Gasteiger charge is -2.33. The van der Waals surface area contributed by atoms with Crippen molar-refractivity contribution in [3.8, 4) is 5.75 Å². The van der Waals surface area contributed by atoms with Gasteiger partial charge >= 0.3 is 0 Å². The first kappa shape index (κ1) is 13.4. The lowest BCUT2D eigenvalue weighted by Crippen LogP contribution is -2.35. The van der Waals surface area contributed by atoms with Crippen LogP contribution >= 0.6 is 0 Å². The second-order valence-corrected chi connectivity index (χ2v) is 5.27. The average Bonchev–Trinajstić information content (AvgIpc) is 2.45. The van der Waals surface area contributed by atoms with Crippen LogP contribution in [0.2, 0.25) is 0 Å². The van der Waals surface area contributed by atoms with Crippen molar-refractivity contribution < 1.29 is 4.74 Å². The van der Waals surface area contributed by atoms with Gasteiger partial charge in [0, 0.05) is 6.54 Å². The van der Waals surface area contributed by atoms with Crippen LogP contribution in [-0.4, -0.2) is 31.6 Å². The van der Waals surface area contributed by atoms with Crippen molar-refractivity contribution in [1.82, 2.24) is 4.90 Å². The molecule has 2 heteroatoms. The summed E-state index contributed by atoms with van der Waals surface area (Å²) in [6.07, 6.45) is 5.26. The van der Waals surface area contributed by atoms with E-state index in [0.29, 0.717) is 5.92 Å². The minimum atomic E-state index is 0.686. The van der Waals surface area contributed by atoms with Crippen LogP contribution in [0.3, 0.4) is 0 Å². The van der Waals surface area contributed by atoms with Gasteiger partial charge in [-0.2, -0.15) is 0 Å². The van der Waals surface area contributed by atoms with E-state index in [0.717, 1.165) is 5.75 Å². The predicted molar refractivity (Wildman–Crippen MR) is 76.3 cm³/mol. The summed E-state index contributed by atoms with van der Waals surface area (Å²) in [6, 6.07) is 8.59. The molecule has 0 spiro atoms. The summed E-state index contributed by atoms with van der Waals surface area (Å²) in [7, 11) is 1.74. The average molecular weight is 247 g/mol. The molecule has 0 radical (unpaired) electrons. The lowest BCUT2D eigenvalue weighted by molar-refractivity contribution is 0.205. The molecule has 0 aliphatic carbocycles. The number of hydrogen-bond donors (Lipinski definition) is 0. The molecule has 1 atom stereocenters. The number of hydrogen-bond acceptors (Lipinski definition) is 2. The zero-order valence-corrected chi connectivity index (χ0v) is 11.7. The summed E-state index contributed by atoms with van der Waals surface area (Å²) >= 11 is 0. The third-order valence-electron chi connectivity index (χ3n) is 3.90. The van der Waals surface area contributed by atoms with E-state index in [1.165, 1.54) is 50.9 Å². The molecular weight excluding hydrogens is 222 g/mol. The molecule has 1 heterocycles. The number of ether oxygens (including phenoxy) is 1. The molecular formula is C16H25NO. The Balaban J connectivity index is 1.98. The van der Waals surface area contributed by atoms with Crippen LogP contribution in [0.4, 0.5) is 0 Å². The fourth-order valence-electron chi connectivity index (χ4n) is 2.81. The van der Waals surface area contributed by atoms with Crippen molar-refractivity contribution in [3.63, 3.8) is 0 Å². The molecule has 0 aromatic heterocycles. The molecule has 18 heavy (non-hydrogen) atoms. The maximum atomic E-state index is 5.32. The molecule has 0 saturated carbocycles. The van der Waals surface area contributed by atoms with E-state index in [1.807, 2.05) is 6.07 Å². The minimum absolute atomic E-state index is 0.686. The predicted octanol–water partition coefficient (Wildman–Crippen LogP) is 3.67. The second-order valence-electron chi connectivity index (χ2n) is 5.27. The van der Waals surface area contributed by atoms with Crippen molar-refractivity contribution >= 4 is 0 Å². The van der Waals surface area contributed by atoms with Gasteiger partial charge in [-0.15, -0.1) is 0 Å². The molecule has 0 amide bonds. The van der Waals surface area contributed by atoms with Crippen LogP contribution < -0.4 is 4.74 Å². The van der Waals surface area contributed by atoms with E-state index < -0.39 is 0 Å². The summed E-state index contributed by atoms with van der Waals surface area (Å²) < 4.78 is 5.32. The first-order valence-corrected chi connectivity index (χ1v) is 7.19. The number of benzene rings is 1. The molecule has 2 rings (SSSR count). The van der Waals surface area contributed by atoms with E-state index in [-0.39, 0.29) is 0 Å². The fraction of sp³-hybridized carbons (Fsp3) is 0.625. The van der Waals surface area contributed by atoms with Crippen LogP contribution in [0.1, 0.15) is 44.1 Å². The molecule has 0 N–H and O–H groups in total. The number of unbranched alkanes of at least 4 members (excludes halogenated alkanes) is 1. The van der Waals surface area contributed by atoms with Crippen molar-refractivity contribution in [2.24, 2.45) is 0 Å². The van der Waals surface area contributed by atoms with Gasteiger partial charge in [0.1, 0.15) is 5.75 Å². The number of rotatable bonds is 5. The molecule has 1 aromatic rings. The Hall–Kier alpha value is -1.02. The molecule has 1 aromatic carbocycles. The van der Waals surface area contributed by atoms with Crippen LogP contribution in [0.15, 0.2) is 24.3 Å². The van der Waals surface area contributed by atoms with Gasteiger partial charge in [0.15, 0.2) is 0 Å². The molecule has 2 nitrogen and oxygen atoms in total. The highest BCUT2D eigenvalue weighted by molar-refractivity contribution is 5.31. The Morgan fingerprint density at radius 2 is 2.28 bits per heavy atom. The maximum absolute atomic E-state index is 5.32. The second kappa shape index (κ2) is 6.79. The van der Waals surface area contributed by atoms with E-state index in [9.17, 15) is 0 Å². The smallest absolute Gasteiger partial charge is 0.119 e. The number of nitrogens with zero attached hydrogens (tertiary/aromatic N) is 1. The highest BCUT2D eigenvalue weighted by atomic mass is 16.5. The monoisotopic (exact) mass is 247 g/mol. The first-order valence-electron chi connectivity index (χ1n) is 7.19. The summed E-state index contributed by atoms with van der Waals surface area (Å²) in [6.45, 7) is 6.02. The Morgan fingerprint density at radius 3 is 3.06 bits per heavy atom. The van der Waals surface area contributed by atoms with Crippen LogP contribution in [0, 0.1) is 0 Å². The van der Waals surface area contributed by atoms with Gasteiger partial charge in [0.05, 0.1) is 7.11 Å². The number of methoxy groups -OCH3 is 1. The van der Waals surface area contributed by atoms with E-state index in [4.69, 9.17) is 4.74 Å². The third kappa shape index (κ3) is 3.49. The van der Waals surface area contributed by atoms with Crippen molar-refractivity contribution in [2.75, 3.05) is 26.7 Å². The van der Waals surface area contributed by atoms with Crippen LogP contribution in [0.25, 0.3) is 0 Å². The number of likely N-dealkylation sites (tertiary alicyclic amines) is 1. The van der Waals surface area contributed by atoms with Crippen LogP contribution in [0.5, 0.6) is 5.75 Å². The molecule has 1 fully saturated rings. The van der Waals surface area contributed by atoms with Crippen molar-refractivity contribution in [1.29, 1.82) is 0 Å². The van der Waals surface area contributed by atoms with Gasteiger partial charge in [-0.3, -0.25) is 0 Å². The quantitative estimate of drug-likeness (QED) is 0.787. The first-order chi connectivity index (χ1) is 8.83. The topological polar surface area (TPSA) is 12.5 Å². The summed E-state index contributed by atoms with van der Waals surface area (Å²) in [4.78, 5) is 2.62. The van der Waals surface area contributed by atoms with Gasteiger partial charge in [0.25, 0.3) is 0 Å². The van der Waals surface area contributed by atoms with Gasteiger partial charge < -0.3 is 9.64 Å². The lowest BCUT2D eigenvalue weighted by atomic mass is 9.90. The molecule has 1 aliphatic heterocycles. The summed E-state index contributed by atoms with van der Waals surface area (Å²) in [5, 5.41) is 0. The molecule has 0 bridgehead atoms. The molecule has 1 saturated heterocycles. The fourth-order valence-corrected chi connectivity index (χ4v) is 2.81. The van der Waals surface area contributed by atoms with Crippen LogP contribution in [-0.2, 0) is 0 Å². The highest BCUT2D eigenvalue weighted by Crippen LogP contribution is 2.29. The highest BCUT2D eigenvalue weighted by Gasteiger charge is 2.20. The van der Waals surface area contributed by atoms with E-state index >= 15 is 0 Å². The Morgan fingerprint density at radius 1 is 1.39 bits per heavy atom. The van der Waals surface area contributed by atoms with Gasteiger partial charge in [-0.25, -0.2) is 0 Å². The molecule has 0 unspecified atom stereocenters. The molecule has 1 aliphatic rings. The van der Waals surface area contributed by atoms with E-state index in [1.54, 1.807) is 7.11 Å². The zero-order chi connectivity index (χ0) is 12.8. The van der Waals surface area contributed by atoms with Crippen molar-refractivity contribution in [2.45, 2.75) is 38.5 Å². The SMILES string of the molecule is CCCCN1CCC[C@@H](c2cccc(OC)c2)C1.